The second-order valence-corrected chi connectivity index (χ2v) is 6.30. The van der Waals surface area contributed by atoms with Gasteiger partial charge in [0.05, 0.1) is 6.61 Å². The molecule has 0 saturated heterocycles. The number of rotatable bonds is 13. The van der Waals surface area contributed by atoms with E-state index in [0.29, 0.717) is 31.6 Å². The number of aliphatic hydroxyl groups excluding tert-OH is 1. The van der Waals surface area contributed by atoms with Crippen LogP contribution in [0.5, 0.6) is 0 Å². The van der Waals surface area contributed by atoms with Gasteiger partial charge in [-0.25, -0.2) is 4.79 Å². The molecule has 8 N–H and O–H groups in total. The predicted octanol–water partition coefficient (Wildman–Crippen LogP) is -1.76. The van der Waals surface area contributed by atoms with E-state index < -0.39 is 42.5 Å². The molecule has 0 aromatic rings. The predicted molar refractivity (Wildman–Crippen MR) is 92.5 cm³/mol. The Kier molecular flexibility index (Phi) is 12.3. The fraction of sp³-hybridized carbons (Fsp3) is 0.786. The van der Waals surface area contributed by atoms with E-state index in [1.807, 2.05) is 6.26 Å². The summed E-state index contributed by atoms with van der Waals surface area (Å²) in [6, 6.07) is -3.07. The van der Waals surface area contributed by atoms with Crippen LogP contribution in [0.2, 0.25) is 0 Å². The van der Waals surface area contributed by atoms with E-state index in [1.54, 1.807) is 0 Å². The van der Waals surface area contributed by atoms with Gasteiger partial charge in [0.1, 0.15) is 18.1 Å². The number of carbonyl (C=O) groups excluding carboxylic acids is 2. The van der Waals surface area contributed by atoms with Crippen molar-refractivity contribution in [1.29, 1.82) is 0 Å². The zero-order valence-electron chi connectivity index (χ0n) is 13.9. The molecular weight excluding hydrogens is 336 g/mol. The van der Waals surface area contributed by atoms with Crippen LogP contribution >= 0.6 is 11.8 Å². The molecule has 0 aliphatic carbocycles. The fourth-order valence-electron chi connectivity index (χ4n) is 1.89. The van der Waals surface area contributed by atoms with E-state index in [0.717, 1.165) is 0 Å². The van der Waals surface area contributed by atoms with Gasteiger partial charge < -0.3 is 32.3 Å². The molecule has 0 rings (SSSR count). The van der Waals surface area contributed by atoms with Crippen LogP contribution in [0, 0.1) is 0 Å². The van der Waals surface area contributed by atoms with Gasteiger partial charge in [-0.2, -0.15) is 11.8 Å². The molecule has 0 aliphatic rings. The molecule has 0 saturated carbocycles. The summed E-state index contributed by atoms with van der Waals surface area (Å²) in [5.41, 5.74) is 10.8. The maximum atomic E-state index is 12.3. The van der Waals surface area contributed by atoms with Crippen molar-refractivity contribution in [3.05, 3.63) is 0 Å². The lowest BCUT2D eigenvalue weighted by Gasteiger charge is -2.22. The minimum Gasteiger partial charge on any atom is -0.480 e. The van der Waals surface area contributed by atoms with Gasteiger partial charge in [-0.3, -0.25) is 9.59 Å². The molecule has 3 atom stereocenters. The highest BCUT2D eigenvalue weighted by atomic mass is 32.2. The summed E-state index contributed by atoms with van der Waals surface area (Å²) in [6.45, 7) is -0.0920. The van der Waals surface area contributed by atoms with Crippen molar-refractivity contribution in [1.82, 2.24) is 10.6 Å². The molecule has 2 amide bonds. The highest BCUT2D eigenvalue weighted by Gasteiger charge is 2.27. The van der Waals surface area contributed by atoms with Crippen molar-refractivity contribution in [2.24, 2.45) is 11.5 Å². The lowest BCUT2D eigenvalue weighted by molar-refractivity contribution is -0.142. The Morgan fingerprint density at radius 2 is 1.71 bits per heavy atom. The molecule has 0 fully saturated rings. The molecule has 0 unspecified atom stereocenters. The largest absolute Gasteiger partial charge is 0.480 e. The van der Waals surface area contributed by atoms with Crippen LogP contribution in [0.15, 0.2) is 0 Å². The number of carboxylic acid groups (broad SMARTS) is 1. The lowest BCUT2D eigenvalue weighted by Crippen LogP contribution is -2.55. The molecule has 9 nitrogen and oxygen atoms in total. The van der Waals surface area contributed by atoms with E-state index in [4.69, 9.17) is 16.6 Å². The van der Waals surface area contributed by atoms with E-state index >= 15 is 0 Å². The molecule has 24 heavy (non-hydrogen) atoms. The number of amides is 2. The van der Waals surface area contributed by atoms with Crippen molar-refractivity contribution in [2.45, 2.75) is 43.8 Å². The van der Waals surface area contributed by atoms with Gasteiger partial charge in [-0.15, -0.1) is 0 Å². The first-order chi connectivity index (χ1) is 11.4. The number of hydrogen-bond acceptors (Lipinski definition) is 7. The Bertz CT molecular complexity index is 411. The third-order valence-electron chi connectivity index (χ3n) is 3.34. The molecular formula is C14H28N4O5S. The highest BCUT2D eigenvalue weighted by molar-refractivity contribution is 7.98. The second kappa shape index (κ2) is 13.0. The Hall–Kier alpha value is -1.36. The SMILES string of the molecule is CSCC[C@H](NC(=O)[C@@H](N)CO)C(=O)N[C@@H](CCCCN)C(=O)O. The van der Waals surface area contributed by atoms with E-state index in [1.165, 1.54) is 11.8 Å². The van der Waals surface area contributed by atoms with Gasteiger partial charge >= 0.3 is 5.97 Å². The molecule has 0 spiro atoms. The Morgan fingerprint density at radius 1 is 1.08 bits per heavy atom. The van der Waals surface area contributed by atoms with Gasteiger partial charge in [0.15, 0.2) is 0 Å². The van der Waals surface area contributed by atoms with E-state index in [2.05, 4.69) is 10.6 Å². The summed E-state index contributed by atoms with van der Waals surface area (Å²) in [6.07, 6.45) is 3.68. The van der Waals surface area contributed by atoms with Gasteiger partial charge in [-0.05, 0) is 44.2 Å². The van der Waals surface area contributed by atoms with Crippen LogP contribution in [0.1, 0.15) is 25.7 Å². The first-order valence-corrected chi connectivity index (χ1v) is 9.15. The first kappa shape index (κ1) is 22.6. The molecule has 0 heterocycles. The average molecular weight is 364 g/mol. The van der Waals surface area contributed by atoms with Gasteiger partial charge in [-0.1, -0.05) is 0 Å². The van der Waals surface area contributed by atoms with Crippen LogP contribution in [-0.2, 0) is 14.4 Å². The maximum Gasteiger partial charge on any atom is 0.326 e. The normalized spacial score (nSPS) is 14.5. The zero-order chi connectivity index (χ0) is 18.5. The van der Waals surface area contributed by atoms with Gasteiger partial charge in [0.25, 0.3) is 0 Å². The first-order valence-electron chi connectivity index (χ1n) is 7.76. The van der Waals surface area contributed by atoms with Crippen LogP contribution < -0.4 is 22.1 Å². The third-order valence-corrected chi connectivity index (χ3v) is 3.98. The number of nitrogens with two attached hydrogens (primary N) is 2. The van der Waals surface area contributed by atoms with Gasteiger partial charge in [0.2, 0.25) is 11.8 Å². The molecule has 0 aromatic heterocycles. The number of aliphatic carboxylic acids is 1. The second-order valence-electron chi connectivity index (χ2n) is 5.32. The van der Waals surface area contributed by atoms with Crippen LogP contribution in [0.4, 0.5) is 0 Å². The zero-order valence-corrected chi connectivity index (χ0v) is 14.7. The number of carboxylic acids is 1. The third kappa shape index (κ3) is 9.06. The monoisotopic (exact) mass is 364 g/mol. The van der Waals surface area contributed by atoms with Crippen molar-refractivity contribution in [2.75, 3.05) is 25.2 Å². The minimum absolute atomic E-state index is 0.262. The Labute approximate surface area is 145 Å². The number of aliphatic hydroxyl groups is 1. The number of nitrogens with one attached hydrogen (secondary N) is 2. The van der Waals surface area contributed by atoms with Crippen LogP contribution in [-0.4, -0.2) is 71.3 Å². The van der Waals surface area contributed by atoms with E-state index in [9.17, 15) is 19.5 Å². The number of unbranched alkanes of at least 4 members (excludes halogenated alkanes) is 1. The summed E-state index contributed by atoms with van der Waals surface area (Å²) in [5, 5.41) is 23.0. The summed E-state index contributed by atoms with van der Waals surface area (Å²) < 4.78 is 0. The van der Waals surface area contributed by atoms with Crippen molar-refractivity contribution < 1.29 is 24.6 Å². The Balaban J connectivity index is 4.81. The lowest BCUT2D eigenvalue weighted by atomic mass is 10.1. The minimum atomic E-state index is -1.14. The van der Waals surface area contributed by atoms with Crippen molar-refractivity contribution >= 4 is 29.5 Å². The summed E-state index contributed by atoms with van der Waals surface area (Å²) in [5.74, 6) is -1.78. The number of carbonyl (C=O) groups is 3. The van der Waals surface area contributed by atoms with Gasteiger partial charge in [0, 0.05) is 0 Å². The molecule has 0 bridgehead atoms. The average Bonchev–Trinajstić information content (AvgIpc) is 2.56. The number of hydrogen-bond donors (Lipinski definition) is 6. The molecule has 0 radical (unpaired) electrons. The van der Waals surface area contributed by atoms with E-state index in [-0.39, 0.29) is 6.42 Å². The summed E-state index contributed by atoms with van der Waals surface area (Å²) >= 11 is 1.49. The maximum absolute atomic E-state index is 12.3. The smallest absolute Gasteiger partial charge is 0.326 e. The topological polar surface area (TPSA) is 168 Å². The van der Waals surface area contributed by atoms with Crippen LogP contribution in [0.25, 0.3) is 0 Å². The molecule has 10 heteroatoms. The molecule has 0 aromatic carbocycles. The quantitative estimate of drug-likeness (QED) is 0.209. The van der Waals surface area contributed by atoms with Crippen LogP contribution in [0.3, 0.4) is 0 Å². The number of thioether (sulfide) groups is 1. The standard InChI is InChI=1S/C14H28N4O5S/c1-24-7-5-10(17-12(20)9(16)8-19)13(21)18-11(14(22)23)4-2-3-6-15/h9-11,19H,2-8,15-16H2,1H3,(H,17,20)(H,18,21)(H,22,23)/t9-,10-,11-/m0/s1. The van der Waals surface area contributed by atoms with Crippen molar-refractivity contribution in [3.8, 4) is 0 Å². The molecule has 0 aliphatic heterocycles. The fourth-order valence-corrected chi connectivity index (χ4v) is 2.36. The van der Waals surface area contributed by atoms with Crippen molar-refractivity contribution in [3.63, 3.8) is 0 Å². The Morgan fingerprint density at radius 3 is 2.21 bits per heavy atom. The summed E-state index contributed by atoms with van der Waals surface area (Å²) in [7, 11) is 0. The summed E-state index contributed by atoms with van der Waals surface area (Å²) in [4.78, 5) is 35.3. The highest BCUT2D eigenvalue weighted by Crippen LogP contribution is 2.05. The molecule has 140 valence electrons.